The maximum absolute atomic E-state index is 12.8. The molecule has 1 saturated carbocycles. The van der Waals surface area contributed by atoms with Crippen LogP contribution in [0.1, 0.15) is 40.0 Å². The average Bonchev–Trinajstić information content (AvgIpc) is 3.25. The van der Waals surface area contributed by atoms with Crippen LogP contribution in [0, 0.1) is 11.3 Å². The Balaban J connectivity index is 1.84. The summed E-state index contributed by atoms with van der Waals surface area (Å²) in [5, 5.41) is 12.3. The summed E-state index contributed by atoms with van der Waals surface area (Å²) in [5.41, 5.74) is -0.570. The first-order valence-electron chi connectivity index (χ1n) is 8.92. The molecule has 1 aliphatic heterocycles. The average molecular weight is 390 g/mol. The van der Waals surface area contributed by atoms with E-state index in [1.54, 1.807) is 0 Å². The Labute approximate surface area is 161 Å². The monoisotopic (exact) mass is 390 g/mol. The van der Waals surface area contributed by atoms with Crippen LogP contribution in [-0.2, 0) is 14.3 Å². The molecular formula is C19H22N2O7. The third kappa shape index (κ3) is 3.28. The van der Waals surface area contributed by atoms with Gasteiger partial charge in [-0.2, -0.15) is 0 Å². The fraction of sp³-hybridized carbons (Fsp3) is 0.474. The number of esters is 2. The van der Waals surface area contributed by atoms with Crippen LogP contribution in [0.4, 0.5) is 10.5 Å². The summed E-state index contributed by atoms with van der Waals surface area (Å²) in [4.78, 5) is 49.8. The smallest absolute Gasteiger partial charge is 0.339 e. The lowest BCUT2D eigenvalue weighted by Crippen LogP contribution is -2.39. The van der Waals surface area contributed by atoms with Gasteiger partial charge in [-0.3, -0.25) is 4.79 Å². The van der Waals surface area contributed by atoms with E-state index in [9.17, 15) is 24.3 Å². The number of carbonyl (C=O) groups is 4. The quantitative estimate of drug-likeness (QED) is 0.754. The lowest BCUT2D eigenvalue weighted by atomic mass is 9.81. The summed E-state index contributed by atoms with van der Waals surface area (Å²) in [6, 6.07) is 3.57. The Morgan fingerprint density at radius 2 is 1.89 bits per heavy atom. The molecule has 1 heterocycles. The van der Waals surface area contributed by atoms with Gasteiger partial charge in [-0.05, 0) is 37.0 Å². The second-order valence-electron chi connectivity index (χ2n) is 7.10. The number of anilines is 1. The van der Waals surface area contributed by atoms with Crippen molar-refractivity contribution in [2.45, 2.75) is 19.3 Å². The van der Waals surface area contributed by atoms with E-state index in [-0.39, 0.29) is 29.3 Å². The molecule has 9 nitrogen and oxygen atoms in total. The number of nitrogens with zero attached hydrogens (tertiary/aromatic N) is 1. The molecule has 2 N–H and O–H groups in total. The molecular weight excluding hydrogens is 368 g/mol. The molecule has 0 unspecified atom stereocenters. The fourth-order valence-corrected chi connectivity index (χ4v) is 4.17. The fourth-order valence-electron chi connectivity index (χ4n) is 4.17. The third-order valence-corrected chi connectivity index (χ3v) is 5.67. The highest BCUT2D eigenvalue weighted by Crippen LogP contribution is 2.49. The first kappa shape index (κ1) is 19.7. The van der Waals surface area contributed by atoms with Crippen LogP contribution in [0.15, 0.2) is 18.2 Å². The number of carbonyl (C=O) groups excluding carboxylic acids is 3. The molecule has 0 aromatic heterocycles. The summed E-state index contributed by atoms with van der Waals surface area (Å²) in [5.74, 6) is -2.26. The molecule has 28 heavy (non-hydrogen) atoms. The summed E-state index contributed by atoms with van der Waals surface area (Å²) >= 11 is 0. The molecule has 3 rings (SSSR count). The third-order valence-electron chi connectivity index (χ3n) is 5.67. The minimum atomic E-state index is -0.906. The number of rotatable bonds is 4. The zero-order valence-electron chi connectivity index (χ0n) is 15.7. The Hall–Kier alpha value is -3.10. The Morgan fingerprint density at radius 3 is 2.50 bits per heavy atom. The van der Waals surface area contributed by atoms with Crippen molar-refractivity contribution in [1.29, 1.82) is 0 Å². The SMILES string of the molecule is COC(=O)c1ccc(C(=O)OC)c(NC(=O)N2C[C@@H]3CCC[C@@]3(C(=O)O)C2)c1. The van der Waals surface area contributed by atoms with Crippen LogP contribution < -0.4 is 5.32 Å². The van der Waals surface area contributed by atoms with Crippen LogP contribution in [0.25, 0.3) is 0 Å². The number of hydrogen-bond acceptors (Lipinski definition) is 6. The molecule has 2 atom stereocenters. The molecule has 9 heteroatoms. The zero-order valence-corrected chi connectivity index (χ0v) is 15.7. The standard InChI is InChI=1S/C19H22N2O7/c1-27-15(22)11-5-6-13(16(23)28-2)14(8-11)20-18(26)21-9-12-4-3-7-19(12,10-21)17(24)25/h5-6,8,12H,3-4,7,9-10H2,1-2H3,(H,20,26)(H,24,25)/t12-,19+/m0/s1. The number of nitrogens with one attached hydrogen (secondary N) is 1. The van der Waals surface area contributed by atoms with Crippen LogP contribution in [0.2, 0.25) is 0 Å². The highest BCUT2D eigenvalue weighted by molar-refractivity contribution is 6.03. The number of ether oxygens (including phenoxy) is 2. The van der Waals surface area contributed by atoms with Gasteiger partial charge in [0.2, 0.25) is 0 Å². The summed E-state index contributed by atoms with van der Waals surface area (Å²) in [6.45, 7) is 0.450. The van der Waals surface area contributed by atoms with Crippen molar-refractivity contribution >= 4 is 29.6 Å². The molecule has 2 fully saturated rings. The van der Waals surface area contributed by atoms with Crippen molar-refractivity contribution in [3.05, 3.63) is 29.3 Å². The number of carboxylic acids is 1. The van der Waals surface area contributed by atoms with Gasteiger partial charge in [-0.25, -0.2) is 14.4 Å². The van der Waals surface area contributed by atoms with Gasteiger partial charge in [0.1, 0.15) is 0 Å². The van der Waals surface area contributed by atoms with E-state index >= 15 is 0 Å². The number of fused-ring (bicyclic) bond motifs is 1. The van der Waals surface area contributed by atoms with Crippen LogP contribution in [0.5, 0.6) is 0 Å². The van der Waals surface area contributed by atoms with Crippen LogP contribution in [0.3, 0.4) is 0 Å². The van der Waals surface area contributed by atoms with E-state index in [1.807, 2.05) is 0 Å². The van der Waals surface area contributed by atoms with E-state index in [4.69, 9.17) is 4.74 Å². The van der Waals surface area contributed by atoms with E-state index in [2.05, 4.69) is 10.1 Å². The molecule has 1 aliphatic carbocycles. The van der Waals surface area contributed by atoms with Gasteiger partial charge < -0.3 is 24.8 Å². The van der Waals surface area contributed by atoms with Crippen molar-refractivity contribution < 1.29 is 33.8 Å². The van der Waals surface area contributed by atoms with Gasteiger partial charge in [-0.15, -0.1) is 0 Å². The predicted octanol–water partition coefficient (Wildman–Crippen LogP) is 1.98. The van der Waals surface area contributed by atoms with Gasteiger partial charge in [0, 0.05) is 13.1 Å². The Bertz CT molecular complexity index is 838. The molecule has 1 aromatic rings. The number of carboxylic acid groups (broad SMARTS) is 1. The highest BCUT2D eigenvalue weighted by Gasteiger charge is 2.55. The number of aliphatic carboxylic acids is 1. The molecule has 0 spiro atoms. The molecule has 1 saturated heterocycles. The summed E-state index contributed by atoms with van der Waals surface area (Å²) in [6.07, 6.45) is 2.14. The van der Waals surface area contributed by atoms with E-state index in [1.165, 1.54) is 37.3 Å². The van der Waals surface area contributed by atoms with E-state index in [0.29, 0.717) is 13.0 Å². The molecule has 1 aromatic carbocycles. The number of methoxy groups -OCH3 is 2. The number of benzene rings is 1. The normalized spacial score (nSPS) is 23.1. The molecule has 2 aliphatic rings. The summed E-state index contributed by atoms with van der Waals surface area (Å²) in [7, 11) is 2.43. The largest absolute Gasteiger partial charge is 0.481 e. The predicted molar refractivity (Wildman–Crippen MR) is 97.1 cm³/mol. The van der Waals surface area contributed by atoms with Gasteiger partial charge in [-0.1, -0.05) is 6.42 Å². The van der Waals surface area contributed by atoms with Crippen molar-refractivity contribution in [3.63, 3.8) is 0 Å². The maximum atomic E-state index is 12.8. The minimum absolute atomic E-state index is 0.0795. The molecule has 0 radical (unpaired) electrons. The summed E-state index contributed by atoms with van der Waals surface area (Å²) < 4.78 is 9.39. The van der Waals surface area contributed by atoms with Crippen molar-refractivity contribution in [1.82, 2.24) is 4.90 Å². The van der Waals surface area contributed by atoms with Gasteiger partial charge in [0.15, 0.2) is 0 Å². The van der Waals surface area contributed by atoms with Gasteiger partial charge in [0.05, 0.1) is 36.4 Å². The first-order chi connectivity index (χ1) is 13.3. The van der Waals surface area contributed by atoms with Crippen LogP contribution >= 0.6 is 0 Å². The Morgan fingerprint density at radius 1 is 1.18 bits per heavy atom. The van der Waals surface area contributed by atoms with Crippen molar-refractivity contribution in [2.75, 3.05) is 32.6 Å². The second kappa shape index (κ2) is 7.49. The van der Waals surface area contributed by atoms with Gasteiger partial charge >= 0.3 is 23.9 Å². The zero-order chi connectivity index (χ0) is 20.5. The minimum Gasteiger partial charge on any atom is -0.481 e. The Kier molecular flexibility index (Phi) is 5.26. The first-order valence-corrected chi connectivity index (χ1v) is 8.92. The molecule has 2 amide bonds. The van der Waals surface area contributed by atoms with E-state index in [0.717, 1.165) is 12.8 Å². The second-order valence-corrected chi connectivity index (χ2v) is 7.10. The highest BCUT2D eigenvalue weighted by atomic mass is 16.5. The van der Waals surface area contributed by atoms with E-state index < -0.39 is 29.4 Å². The maximum Gasteiger partial charge on any atom is 0.339 e. The number of urea groups is 1. The molecule has 150 valence electrons. The lowest BCUT2D eigenvalue weighted by Gasteiger charge is -2.23. The lowest BCUT2D eigenvalue weighted by molar-refractivity contribution is -0.149. The number of likely N-dealkylation sites (tertiary alicyclic amines) is 1. The van der Waals surface area contributed by atoms with Crippen molar-refractivity contribution in [3.8, 4) is 0 Å². The van der Waals surface area contributed by atoms with Crippen LogP contribution in [-0.4, -0.2) is 61.3 Å². The number of hydrogen-bond donors (Lipinski definition) is 2. The van der Waals surface area contributed by atoms with Crippen molar-refractivity contribution in [2.24, 2.45) is 11.3 Å². The number of amides is 2. The molecule has 0 bridgehead atoms. The van der Waals surface area contributed by atoms with Gasteiger partial charge in [0.25, 0.3) is 0 Å². The topological polar surface area (TPSA) is 122 Å².